The Morgan fingerprint density at radius 1 is 1.12 bits per heavy atom. The second-order valence-electron chi connectivity index (χ2n) is 7.83. The van der Waals surface area contributed by atoms with Crippen LogP contribution in [0.15, 0.2) is 71.9 Å². The molecule has 2 atom stereocenters. The zero-order valence-electron chi connectivity index (χ0n) is 18.8. The molecule has 0 aliphatic carbocycles. The van der Waals surface area contributed by atoms with Crippen LogP contribution in [0.3, 0.4) is 0 Å². The number of carbonyl (C=O) groups is 2. The fraction of sp³-hybridized carbons (Fsp3) is 0.280. The summed E-state index contributed by atoms with van der Waals surface area (Å²) in [5, 5.41) is 2.64. The molecule has 3 rings (SSSR count). The Morgan fingerprint density at radius 3 is 2.41 bits per heavy atom. The second-order valence-corrected chi connectivity index (χ2v) is 7.83. The molecular weight excluding hydrogens is 404 g/mol. The van der Waals surface area contributed by atoms with Gasteiger partial charge in [0.05, 0.1) is 5.56 Å². The predicted octanol–water partition coefficient (Wildman–Crippen LogP) is 2.50. The Hall–Kier alpha value is -3.74. The quantitative estimate of drug-likeness (QED) is 0.622. The first kappa shape index (κ1) is 22.9. The van der Waals surface area contributed by atoms with Gasteiger partial charge in [-0.05, 0) is 37.1 Å². The maximum Gasteiger partial charge on any atom is 0.256 e. The molecular formula is C25H28N4O3. The van der Waals surface area contributed by atoms with Crippen LogP contribution in [0, 0.1) is 6.92 Å². The van der Waals surface area contributed by atoms with Crippen molar-refractivity contribution in [2.24, 2.45) is 7.05 Å². The average Bonchev–Trinajstić information content (AvgIpc) is 2.82. The fourth-order valence-corrected chi connectivity index (χ4v) is 3.80. The summed E-state index contributed by atoms with van der Waals surface area (Å²) in [5.74, 6) is -0.767. The van der Waals surface area contributed by atoms with Crippen molar-refractivity contribution in [3.05, 3.63) is 99.7 Å². The van der Waals surface area contributed by atoms with Crippen LogP contribution in [0.2, 0.25) is 0 Å². The number of likely N-dealkylation sites (N-methyl/N-ethyl adjacent to an activating group) is 1. The maximum absolute atomic E-state index is 13.6. The summed E-state index contributed by atoms with van der Waals surface area (Å²) in [7, 11) is 3.16. The van der Waals surface area contributed by atoms with E-state index in [0.717, 1.165) is 11.1 Å². The Morgan fingerprint density at radius 2 is 1.81 bits per heavy atom. The fourth-order valence-electron chi connectivity index (χ4n) is 3.80. The SMILES string of the molecule is CNC(=O)C(C)N(CC(c1ccccc1)c1cccnc1)C(=O)c1cc(C)c(=O)n(C)c1. The van der Waals surface area contributed by atoms with E-state index in [0.29, 0.717) is 11.1 Å². The molecule has 0 saturated heterocycles. The summed E-state index contributed by atoms with van der Waals surface area (Å²) in [6.07, 6.45) is 5.00. The first-order valence-electron chi connectivity index (χ1n) is 10.5. The summed E-state index contributed by atoms with van der Waals surface area (Å²) < 4.78 is 1.39. The van der Waals surface area contributed by atoms with Gasteiger partial charge >= 0.3 is 0 Å². The van der Waals surface area contributed by atoms with Crippen LogP contribution in [0.5, 0.6) is 0 Å². The van der Waals surface area contributed by atoms with Gasteiger partial charge in [-0.15, -0.1) is 0 Å². The lowest BCUT2D eigenvalue weighted by molar-refractivity contribution is -0.124. The van der Waals surface area contributed by atoms with Gasteiger partial charge < -0.3 is 14.8 Å². The molecule has 2 heterocycles. The van der Waals surface area contributed by atoms with E-state index in [9.17, 15) is 14.4 Å². The standard InChI is InChI=1S/C25H28N4O3/c1-17-13-21(15-28(4)24(17)31)25(32)29(18(2)23(30)26-3)16-22(19-9-6-5-7-10-19)20-11-8-12-27-14-20/h5-15,18,22H,16H2,1-4H3,(H,26,30). The maximum atomic E-state index is 13.6. The molecule has 3 aromatic rings. The highest BCUT2D eigenvalue weighted by molar-refractivity contribution is 5.97. The number of hydrogen-bond donors (Lipinski definition) is 1. The van der Waals surface area contributed by atoms with E-state index in [1.807, 2.05) is 42.5 Å². The molecule has 2 unspecified atom stereocenters. The van der Waals surface area contributed by atoms with Crippen LogP contribution in [0.1, 0.15) is 39.9 Å². The molecule has 0 saturated carbocycles. The number of amides is 2. The predicted molar refractivity (Wildman–Crippen MR) is 124 cm³/mol. The normalized spacial score (nSPS) is 12.6. The number of hydrogen-bond acceptors (Lipinski definition) is 4. The van der Waals surface area contributed by atoms with Gasteiger partial charge in [0.15, 0.2) is 0 Å². The first-order chi connectivity index (χ1) is 15.3. The van der Waals surface area contributed by atoms with E-state index >= 15 is 0 Å². The van der Waals surface area contributed by atoms with Crippen molar-refractivity contribution in [2.45, 2.75) is 25.8 Å². The summed E-state index contributed by atoms with van der Waals surface area (Å²) in [4.78, 5) is 44.1. The number of carbonyl (C=O) groups excluding carboxylic acids is 2. The molecule has 0 spiro atoms. The summed E-state index contributed by atoms with van der Waals surface area (Å²) >= 11 is 0. The minimum absolute atomic E-state index is 0.162. The van der Waals surface area contributed by atoms with Gasteiger partial charge in [0.2, 0.25) is 5.91 Å². The van der Waals surface area contributed by atoms with Crippen LogP contribution in [-0.4, -0.2) is 45.9 Å². The topological polar surface area (TPSA) is 84.3 Å². The molecule has 2 amide bonds. The molecule has 166 valence electrons. The molecule has 2 aromatic heterocycles. The third-order valence-corrected chi connectivity index (χ3v) is 5.63. The highest BCUT2D eigenvalue weighted by atomic mass is 16.2. The molecule has 7 heteroatoms. The lowest BCUT2D eigenvalue weighted by Gasteiger charge is -2.32. The third kappa shape index (κ3) is 4.94. The Kier molecular flexibility index (Phi) is 7.20. The van der Waals surface area contributed by atoms with Crippen molar-refractivity contribution in [1.82, 2.24) is 19.8 Å². The zero-order chi connectivity index (χ0) is 23.3. The number of nitrogens with zero attached hydrogens (tertiary/aromatic N) is 3. The first-order valence-corrected chi connectivity index (χ1v) is 10.5. The number of rotatable bonds is 7. The van der Waals surface area contributed by atoms with Crippen LogP contribution in [-0.2, 0) is 11.8 Å². The Balaban J connectivity index is 2.07. The molecule has 0 radical (unpaired) electrons. The van der Waals surface area contributed by atoms with E-state index in [1.54, 1.807) is 51.3 Å². The van der Waals surface area contributed by atoms with Gasteiger partial charge in [0, 0.05) is 50.7 Å². The highest BCUT2D eigenvalue weighted by Crippen LogP contribution is 2.27. The summed E-state index contributed by atoms with van der Waals surface area (Å²) in [5.41, 5.74) is 2.62. The molecule has 0 fully saturated rings. The average molecular weight is 433 g/mol. The van der Waals surface area contributed by atoms with E-state index in [-0.39, 0.29) is 29.8 Å². The van der Waals surface area contributed by atoms with Crippen LogP contribution < -0.4 is 10.9 Å². The van der Waals surface area contributed by atoms with Crippen molar-refractivity contribution in [1.29, 1.82) is 0 Å². The van der Waals surface area contributed by atoms with Crippen molar-refractivity contribution in [2.75, 3.05) is 13.6 Å². The second kappa shape index (κ2) is 10.0. The minimum Gasteiger partial charge on any atom is -0.357 e. The largest absolute Gasteiger partial charge is 0.357 e. The van der Waals surface area contributed by atoms with Gasteiger partial charge in [0.25, 0.3) is 11.5 Å². The lowest BCUT2D eigenvalue weighted by Crippen LogP contribution is -2.49. The van der Waals surface area contributed by atoms with Gasteiger partial charge in [0.1, 0.15) is 6.04 Å². The van der Waals surface area contributed by atoms with Crippen molar-refractivity contribution in [3.8, 4) is 0 Å². The summed E-state index contributed by atoms with van der Waals surface area (Å²) in [6.45, 7) is 3.65. The number of benzene rings is 1. The zero-order valence-corrected chi connectivity index (χ0v) is 18.8. The van der Waals surface area contributed by atoms with Crippen LogP contribution in [0.25, 0.3) is 0 Å². The molecule has 32 heavy (non-hydrogen) atoms. The third-order valence-electron chi connectivity index (χ3n) is 5.63. The van der Waals surface area contributed by atoms with Crippen LogP contribution in [0.4, 0.5) is 0 Å². The molecule has 0 aliphatic rings. The molecule has 0 aliphatic heterocycles. The van der Waals surface area contributed by atoms with Gasteiger partial charge in [-0.3, -0.25) is 19.4 Å². The van der Waals surface area contributed by atoms with Crippen LogP contribution >= 0.6 is 0 Å². The number of aryl methyl sites for hydroxylation is 2. The molecule has 7 nitrogen and oxygen atoms in total. The van der Waals surface area contributed by atoms with E-state index in [2.05, 4.69) is 10.3 Å². The lowest BCUT2D eigenvalue weighted by atomic mass is 9.91. The number of aromatic nitrogens is 2. The smallest absolute Gasteiger partial charge is 0.256 e. The van der Waals surface area contributed by atoms with Crippen molar-refractivity contribution in [3.63, 3.8) is 0 Å². The van der Waals surface area contributed by atoms with E-state index < -0.39 is 6.04 Å². The van der Waals surface area contributed by atoms with Gasteiger partial charge in [-0.25, -0.2) is 0 Å². The van der Waals surface area contributed by atoms with Gasteiger partial charge in [-0.1, -0.05) is 36.4 Å². The van der Waals surface area contributed by atoms with Crippen molar-refractivity contribution >= 4 is 11.8 Å². The monoisotopic (exact) mass is 432 g/mol. The minimum atomic E-state index is -0.715. The van der Waals surface area contributed by atoms with Crippen molar-refractivity contribution < 1.29 is 9.59 Å². The number of nitrogens with one attached hydrogen (secondary N) is 1. The Labute approximate surface area is 187 Å². The molecule has 1 N–H and O–H groups in total. The molecule has 1 aromatic carbocycles. The molecule has 0 bridgehead atoms. The summed E-state index contributed by atoms with van der Waals surface area (Å²) in [6, 6.07) is 14.5. The van der Waals surface area contributed by atoms with E-state index in [4.69, 9.17) is 0 Å². The van der Waals surface area contributed by atoms with E-state index in [1.165, 1.54) is 10.8 Å². The van der Waals surface area contributed by atoms with Gasteiger partial charge in [-0.2, -0.15) is 0 Å². The Bertz CT molecular complexity index is 1080. The number of pyridine rings is 2. The highest BCUT2D eigenvalue weighted by Gasteiger charge is 2.30.